The van der Waals surface area contributed by atoms with Gasteiger partial charge in [-0.15, -0.1) is 0 Å². The molecule has 17 heavy (non-hydrogen) atoms. The van der Waals surface area contributed by atoms with Crippen LogP contribution in [0.4, 0.5) is 4.79 Å². The van der Waals surface area contributed by atoms with E-state index in [0.717, 1.165) is 12.8 Å². The number of rotatable bonds is 7. The van der Waals surface area contributed by atoms with Crippen LogP contribution in [0.15, 0.2) is 0 Å². The maximum atomic E-state index is 11.6. The molecule has 0 saturated heterocycles. The van der Waals surface area contributed by atoms with Crippen LogP contribution in [0.25, 0.3) is 0 Å². The second kappa shape index (κ2) is 6.41. The maximum absolute atomic E-state index is 11.6. The largest absolute Gasteiger partial charge is 0.479 e. The number of carboxylic acids is 1. The smallest absolute Gasteiger partial charge is 0.332 e. The van der Waals surface area contributed by atoms with Crippen molar-refractivity contribution in [2.45, 2.75) is 31.4 Å². The van der Waals surface area contributed by atoms with Crippen molar-refractivity contribution in [3.05, 3.63) is 0 Å². The van der Waals surface area contributed by atoms with Crippen molar-refractivity contribution >= 4 is 12.0 Å². The normalized spacial score (nSPS) is 16.4. The first kappa shape index (κ1) is 13.7. The molecule has 0 aliphatic heterocycles. The van der Waals surface area contributed by atoms with Gasteiger partial charge < -0.3 is 25.5 Å². The van der Waals surface area contributed by atoms with Crippen LogP contribution in [0.2, 0.25) is 0 Å². The van der Waals surface area contributed by atoms with E-state index in [1.165, 1.54) is 4.90 Å². The van der Waals surface area contributed by atoms with Gasteiger partial charge in [-0.3, -0.25) is 0 Å². The molecule has 98 valence electrons. The van der Waals surface area contributed by atoms with E-state index in [0.29, 0.717) is 0 Å². The molecule has 1 unspecified atom stereocenters. The summed E-state index contributed by atoms with van der Waals surface area (Å²) in [6, 6.07) is -0.134. The van der Waals surface area contributed by atoms with E-state index < -0.39 is 12.1 Å². The lowest BCUT2D eigenvalue weighted by Crippen LogP contribution is -2.43. The SMILES string of the molecule is O=C(O)C(O)CCNC(=O)N(CCO)C1CC1. The number of urea groups is 1. The van der Waals surface area contributed by atoms with Crippen molar-refractivity contribution in [3.8, 4) is 0 Å². The fourth-order valence-electron chi connectivity index (χ4n) is 1.48. The molecule has 7 nitrogen and oxygen atoms in total. The third-order valence-corrected chi connectivity index (χ3v) is 2.57. The van der Waals surface area contributed by atoms with E-state index in [1.54, 1.807) is 0 Å². The van der Waals surface area contributed by atoms with Gasteiger partial charge in [0.15, 0.2) is 6.10 Å². The molecule has 0 bridgehead atoms. The molecule has 1 atom stereocenters. The summed E-state index contributed by atoms with van der Waals surface area (Å²) in [5.74, 6) is -1.30. The van der Waals surface area contributed by atoms with Gasteiger partial charge in [0.05, 0.1) is 6.61 Å². The molecule has 1 aliphatic rings. The molecule has 0 aromatic heterocycles. The molecule has 1 saturated carbocycles. The molecule has 1 aliphatic carbocycles. The molecule has 0 heterocycles. The van der Waals surface area contributed by atoms with Crippen molar-refractivity contribution in [3.63, 3.8) is 0 Å². The van der Waals surface area contributed by atoms with Gasteiger partial charge >= 0.3 is 12.0 Å². The number of aliphatic carboxylic acids is 1. The Balaban J connectivity index is 2.25. The Labute approximate surface area is 99.0 Å². The highest BCUT2D eigenvalue weighted by Crippen LogP contribution is 2.26. The summed E-state index contributed by atoms with van der Waals surface area (Å²) < 4.78 is 0. The molecule has 1 rings (SSSR count). The van der Waals surface area contributed by atoms with Crippen LogP contribution in [-0.2, 0) is 4.79 Å². The summed E-state index contributed by atoms with van der Waals surface area (Å²) >= 11 is 0. The van der Waals surface area contributed by atoms with Crippen LogP contribution in [-0.4, -0.2) is 64.1 Å². The molecular formula is C10H18N2O5. The Morgan fingerprint density at radius 1 is 1.41 bits per heavy atom. The molecule has 7 heteroatoms. The molecular weight excluding hydrogens is 228 g/mol. The van der Waals surface area contributed by atoms with Gasteiger partial charge in [-0.25, -0.2) is 9.59 Å². The first-order valence-electron chi connectivity index (χ1n) is 5.62. The Bertz CT molecular complexity index is 280. The van der Waals surface area contributed by atoms with E-state index in [-0.39, 0.29) is 38.2 Å². The highest BCUT2D eigenvalue weighted by molar-refractivity contribution is 5.75. The Hall–Kier alpha value is -1.34. The van der Waals surface area contributed by atoms with Crippen LogP contribution in [0, 0.1) is 0 Å². The Morgan fingerprint density at radius 3 is 2.53 bits per heavy atom. The molecule has 0 spiro atoms. The zero-order chi connectivity index (χ0) is 12.8. The monoisotopic (exact) mass is 246 g/mol. The second-order valence-electron chi connectivity index (χ2n) is 4.02. The van der Waals surface area contributed by atoms with Crippen molar-refractivity contribution in [2.24, 2.45) is 0 Å². The van der Waals surface area contributed by atoms with Crippen LogP contribution >= 0.6 is 0 Å². The molecule has 4 N–H and O–H groups in total. The van der Waals surface area contributed by atoms with Gasteiger partial charge in [-0.05, 0) is 12.8 Å². The maximum Gasteiger partial charge on any atom is 0.332 e. The zero-order valence-electron chi connectivity index (χ0n) is 9.50. The number of nitrogens with one attached hydrogen (secondary N) is 1. The minimum Gasteiger partial charge on any atom is -0.479 e. The topological polar surface area (TPSA) is 110 Å². The number of carbonyl (C=O) groups is 2. The number of amides is 2. The minimum absolute atomic E-state index is 0.0291. The lowest BCUT2D eigenvalue weighted by molar-refractivity contribution is -0.146. The van der Waals surface area contributed by atoms with E-state index in [1.807, 2.05) is 0 Å². The van der Waals surface area contributed by atoms with Crippen LogP contribution in [0.1, 0.15) is 19.3 Å². The molecule has 1 fully saturated rings. The van der Waals surface area contributed by atoms with E-state index in [2.05, 4.69) is 5.32 Å². The predicted molar refractivity (Wildman–Crippen MR) is 58.5 cm³/mol. The van der Waals surface area contributed by atoms with Crippen molar-refractivity contribution in [2.75, 3.05) is 19.7 Å². The zero-order valence-corrected chi connectivity index (χ0v) is 9.50. The van der Waals surface area contributed by atoms with Gasteiger partial charge in [-0.1, -0.05) is 0 Å². The molecule has 0 aromatic carbocycles. The first-order valence-corrected chi connectivity index (χ1v) is 5.62. The van der Waals surface area contributed by atoms with Crippen molar-refractivity contribution < 1.29 is 24.9 Å². The van der Waals surface area contributed by atoms with Gasteiger partial charge in [0.2, 0.25) is 0 Å². The predicted octanol–water partition coefficient (Wildman–Crippen LogP) is -1.01. The van der Waals surface area contributed by atoms with Crippen LogP contribution in [0.5, 0.6) is 0 Å². The highest BCUT2D eigenvalue weighted by Gasteiger charge is 2.31. The standard InChI is InChI=1S/C10H18N2O5/c13-6-5-12(7-1-2-7)10(17)11-4-3-8(14)9(15)16/h7-8,13-14H,1-6H2,(H,11,17)(H,15,16). The van der Waals surface area contributed by atoms with E-state index >= 15 is 0 Å². The van der Waals surface area contributed by atoms with Gasteiger partial charge in [0.25, 0.3) is 0 Å². The number of carbonyl (C=O) groups excluding carboxylic acids is 1. The van der Waals surface area contributed by atoms with E-state index in [9.17, 15) is 9.59 Å². The Morgan fingerprint density at radius 2 is 2.06 bits per heavy atom. The number of carboxylic acid groups (broad SMARTS) is 1. The number of hydrogen-bond acceptors (Lipinski definition) is 4. The van der Waals surface area contributed by atoms with Gasteiger partial charge in [0.1, 0.15) is 0 Å². The minimum atomic E-state index is -1.46. The van der Waals surface area contributed by atoms with E-state index in [4.69, 9.17) is 15.3 Å². The first-order chi connectivity index (χ1) is 8.06. The summed E-state index contributed by atoms with van der Waals surface area (Å²) in [5.41, 5.74) is 0. The lowest BCUT2D eigenvalue weighted by Gasteiger charge is -2.21. The number of hydrogen-bond donors (Lipinski definition) is 4. The van der Waals surface area contributed by atoms with Gasteiger partial charge in [-0.2, -0.15) is 0 Å². The number of nitrogens with zero attached hydrogens (tertiary/aromatic N) is 1. The fraction of sp³-hybridized carbons (Fsp3) is 0.800. The molecule has 0 radical (unpaired) electrons. The highest BCUT2D eigenvalue weighted by atomic mass is 16.4. The molecule has 0 aromatic rings. The Kier molecular flexibility index (Phi) is 5.17. The average molecular weight is 246 g/mol. The average Bonchev–Trinajstić information content (AvgIpc) is 3.09. The number of aliphatic hydroxyl groups is 2. The molecule has 2 amide bonds. The van der Waals surface area contributed by atoms with Crippen LogP contribution in [0.3, 0.4) is 0 Å². The lowest BCUT2D eigenvalue weighted by atomic mass is 10.2. The fourth-order valence-corrected chi connectivity index (χ4v) is 1.48. The number of aliphatic hydroxyl groups excluding tert-OH is 2. The summed E-state index contributed by atoms with van der Waals surface area (Å²) in [6.07, 6.45) is 0.386. The summed E-state index contributed by atoms with van der Waals surface area (Å²) in [4.78, 5) is 23.5. The summed E-state index contributed by atoms with van der Waals surface area (Å²) in [6.45, 7) is 0.278. The summed E-state index contributed by atoms with van der Waals surface area (Å²) in [5, 5.41) is 28.8. The summed E-state index contributed by atoms with van der Waals surface area (Å²) in [7, 11) is 0. The van der Waals surface area contributed by atoms with Crippen molar-refractivity contribution in [1.82, 2.24) is 10.2 Å². The quantitative estimate of drug-likeness (QED) is 0.460. The van der Waals surface area contributed by atoms with Crippen molar-refractivity contribution in [1.29, 1.82) is 0 Å². The van der Waals surface area contributed by atoms with Crippen LogP contribution < -0.4 is 5.32 Å². The second-order valence-corrected chi connectivity index (χ2v) is 4.02. The third kappa shape index (κ3) is 4.58. The third-order valence-electron chi connectivity index (χ3n) is 2.57. The van der Waals surface area contributed by atoms with Gasteiger partial charge in [0, 0.05) is 25.6 Å².